The van der Waals surface area contributed by atoms with E-state index < -0.39 is 16.1 Å². The Morgan fingerprint density at radius 2 is 2.10 bits per heavy atom. The molecule has 0 radical (unpaired) electrons. The summed E-state index contributed by atoms with van der Waals surface area (Å²) in [6.07, 6.45) is 3.16. The maximum absolute atomic E-state index is 12.8. The first-order chi connectivity index (χ1) is 9.91. The van der Waals surface area contributed by atoms with Crippen LogP contribution in [-0.2, 0) is 21.9 Å². The van der Waals surface area contributed by atoms with Gasteiger partial charge < -0.3 is 5.32 Å². The predicted molar refractivity (Wildman–Crippen MR) is 76.8 cm³/mol. The molecule has 2 fully saturated rings. The van der Waals surface area contributed by atoms with Gasteiger partial charge in [0.05, 0.1) is 0 Å². The third kappa shape index (κ3) is 2.71. The minimum Gasteiger partial charge on any atom is -0.352 e. The molecular weight excluding hydrogens is 362 g/mol. The second-order valence-electron chi connectivity index (χ2n) is 5.37. The normalized spacial score (nSPS) is 23.4. The number of carbonyl (C=O) groups excluding carboxylic acids is 1. The average Bonchev–Trinajstić information content (AvgIpc) is 2.96. The number of nitrogens with zero attached hydrogens (tertiary/aromatic N) is 4. The third-order valence-electron chi connectivity index (χ3n) is 3.72. The van der Waals surface area contributed by atoms with Gasteiger partial charge in [-0.15, -0.1) is 5.10 Å². The smallest absolute Gasteiger partial charge is 0.263 e. The van der Waals surface area contributed by atoms with Crippen molar-refractivity contribution >= 4 is 31.9 Å². The molecule has 2 aliphatic rings. The van der Waals surface area contributed by atoms with Crippen molar-refractivity contribution in [1.29, 1.82) is 0 Å². The van der Waals surface area contributed by atoms with E-state index in [0.29, 0.717) is 19.4 Å². The number of sulfonamides is 1. The molecule has 1 saturated heterocycles. The first-order valence-corrected chi connectivity index (χ1v) is 9.02. The van der Waals surface area contributed by atoms with E-state index in [9.17, 15) is 13.2 Å². The van der Waals surface area contributed by atoms with Crippen molar-refractivity contribution in [2.24, 2.45) is 7.05 Å². The van der Waals surface area contributed by atoms with E-state index in [0.717, 1.165) is 12.8 Å². The van der Waals surface area contributed by atoms with Gasteiger partial charge in [0, 0.05) is 19.6 Å². The van der Waals surface area contributed by atoms with E-state index in [2.05, 4.69) is 31.6 Å². The van der Waals surface area contributed by atoms with Gasteiger partial charge in [0.1, 0.15) is 6.04 Å². The van der Waals surface area contributed by atoms with Crippen molar-refractivity contribution < 1.29 is 13.2 Å². The van der Waals surface area contributed by atoms with E-state index in [4.69, 9.17) is 0 Å². The molecule has 0 bridgehead atoms. The van der Waals surface area contributed by atoms with Gasteiger partial charge in [-0.05, 0) is 41.6 Å². The second-order valence-corrected chi connectivity index (χ2v) is 7.92. The van der Waals surface area contributed by atoms with Crippen molar-refractivity contribution in [3.05, 3.63) is 4.60 Å². The predicted octanol–water partition coefficient (Wildman–Crippen LogP) is 0.00930. The Balaban J connectivity index is 1.88. The summed E-state index contributed by atoms with van der Waals surface area (Å²) in [4.78, 5) is 12.2. The molecule has 8 nitrogen and oxygen atoms in total. The van der Waals surface area contributed by atoms with Crippen LogP contribution in [-0.4, -0.2) is 52.3 Å². The molecule has 1 atom stereocenters. The van der Waals surface area contributed by atoms with Crippen molar-refractivity contribution in [2.45, 2.75) is 42.8 Å². The Bertz CT molecular complexity index is 650. The second kappa shape index (κ2) is 5.33. The largest absolute Gasteiger partial charge is 0.352 e. The fraction of sp³-hybridized carbons (Fsp3) is 0.727. The molecule has 116 valence electrons. The Hall–Kier alpha value is -1.00. The number of amides is 1. The minimum absolute atomic E-state index is 0.0198. The first-order valence-electron chi connectivity index (χ1n) is 6.78. The van der Waals surface area contributed by atoms with Crippen LogP contribution in [0.15, 0.2) is 9.63 Å². The highest BCUT2D eigenvalue weighted by atomic mass is 79.9. The summed E-state index contributed by atoms with van der Waals surface area (Å²) in [5, 5.41) is 10.3. The van der Waals surface area contributed by atoms with Crippen molar-refractivity contribution in [2.75, 3.05) is 6.54 Å². The minimum atomic E-state index is -3.80. The van der Waals surface area contributed by atoms with Gasteiger partial charge in [-0.25, -0.2) is 13.1 Å². The average molecular weight is 378 g/mol. The lowest BCUT2D eigenvalue weighted by atomic mass is 10.2. The van der Waals surface area contributed by atoms with Gasteiger partial charge in [-0.3, -0.25) is 4.79 Å². The summed E-state index contributed by atoms with van der Waals surface area (Å²) >= 11 is 3.11. The zero-order chi connectivity index (χ0) is 15.2. The SMILES string of the molecule is Cn1nnc(Br)c1S(=O)(=O)N1CCCC1C(=O)NC1CC1. The summed E-state index contributed by atoms with van der Waals surface area (Å²) < 4.78 is 28.2. The molecule has 0 spiro atoms. The van der Waals surface area contributed by atoms with Crippen LogP contribution >= 0.6 is 15.9 Å². The number of halogens is 1. The number of hydrogen-bond acceptors (Lipinski definition) is 5. The molecule has 3 rings (SSSR count). The summed E-state index contributed by atoms with van der Waals surface area (Å²) in [5.41, 5.74) is 0. The molecule has 1 aliphatic carbocycles. The van der Waals surface area contributed by atoms with Crippen LogP contribution in [0.25, 0.3) is 0 Å². The molecule has 1 N–H and O–H groups in total. The van der Waals surface area contributed by atoms with Crippen LogP contribution in [0.3, 0.4) is 0 Å². The highest BCUT2D eigenvalue weighted by Crippen LogP contribution is 2.29. The monoisotopic (exact) mass is 377 g/mol. The highest BCUT2D eigenvalue weighted by Gasteiger charge is 2.43. The molecule has 1 amide bonds. The lowest BCUT2D eigenvalue weighted by Crippen LogP contribution is -2.46. The van der Waals surface area contributed by atoms with E-state index >= 15 is 0 Å². The van der Waals surface area contributed by atoms with E-state index in [1.807, 2.05) is 0 Å². The first kappa shape index (κ1) is 14.9. The quantitative estimate of drug-likeness (QED) is 0.796. The summed E-state index contributed by atoms with van der Waals surface area (Å²) in [7, 11) is -2.29. The summed E-state index contributed by atoms with van der Waals surface area (Å²) in [5.74, 6) is -0.204. The third-order valence-corrected chi connectivity index (χ3v) is 6.52. The Kier molecular flexibility index (Phi) is 3.78. The molecule has 1 saturated carbocycles. The topological polar surface area (TPSA) is 97.2 Å². The summed E-state index contributed by atoms with van der Waals surface area (Å²) in [6, 6.07) is -0.426. The van der Waals surface area contributed by atoms with Crippen LogP contribution < -0.4 is 5.32 Å². The highest BCUT2D eigenvalue weighted by molar-refractivity contribution is 9.10. The molecule has 1 unspecified atom stereocenters. The molecule has 1 aromatic rings. The van der Waals surface area contributed by atoms with Crippen LogP contribution in [0, 0.1) is 0 Å². The fourth-order valence-corrected chi connectivity index (χ4v) is 5.22. The molecule has 10 heteroatoms. The maximum Gasteiger partial charge on any atom is 0.263 e. The fourth-order valence-electron chi connectivity index (χ4n) is 2.52. The van der Waals surface area contributed by atoms with Gasteiger partial charge in [0.2, 0.25) is 10.9 Å². The molecule has 0 aromatic carbocycles. The molecule has 2 heterocycles. The Morgan fingerprint density at radius 1 is 1.38 bits per heavy atom. The molecule has 1 aliphatic heterocycles. The van der Waals surface area contributed by atoms with Gasteiger partial charge in [-0.2, -0.15) is 4.31 Å². The van der Waals surface area contributed by atoms with Crippen LogP contribution in [0.1, 0.15) is 25.7 Å². The molecule has 21 heavy (non-hydrogen) atoms. The van der Waals surface area contributed by atoms with Gasteiger partial charge >= 0.3 is 0 Å². The standard InChI is InChI=1S/C11H16BrN5O3S/c1-16-11(9(12)14-15-16)21(19,20)17-6-2-3-8(17)10(18)13-7-4-5-7/h7-8H,2-6H2,1H3,(H,13,18). The Morgan fingerprint density at radius 3 is 2.67 bits per heavy atom. The number of aryl methyl sites for hydroxylation is 1. The van der Waals surface area contributed by atoms with Crippen LogP contribution in [0.4, 0.5) is 0 Å². The van der Waals surface area contributed by atoms with Gasteiger partial charge in [0.15, 0.2) is 4.60 Å². The van der Waals surface area contributed by atoms with Crippen molar-refractivity contribution in [3.63, 3.8) is 0 Å². The summed E-state index contributed by atoms with van der Waals surface area (Å²) in [6.45, 7) is 0.336. The van der Waals surface area contributed by atoms with E-state index in [-0.39, 0.29) is 21.6 Å². The number of rotatable bonds is 4. The van der Waals surface area contributed by atoms with Crippen molar-refractivity contribution in [3.8, 4) is 0 Å². The number of hydrogen-bond donors (Lipinski definition) is 1. The Labute approximate surface area is 131 Å². The molecular formula is C11H16BrN5O3S. The van der Waals surface area contributed by atoms with Crippen LogP contribution in [0.5, 0.6) is 0 Å². The lowest BCUT2D eigenvalue weighted by Gasteiger charge is -2.23. The lowest BCUT2D eigenvalue weighted by molar-refractivity contribution is -0.124. The van der Waals surface area contributed by atoms with Gasteiger partial charge in [0.25, 0.3) is 10.0 Å². The van der Waals surface area contributed by atoms with E-state index in [1.54, 1.807) is 0 Å². The maximum atomic E-state index is 12.8. The number of carbonyl (C=O) groups is 1. The van der Waals surface area contributed by atoms with Gasteiger partial charge in [-0.1, -0.05) is 5.21 Å². The number of nitrogens with one attached hydrogen (secondary N) is 1. The van der Waals surface area contributed by atoms with Crippen molar-refractivity contribution in [1.82, 2.24) is 24.6 Å². The zero-order valence-electron chi connectivity index (χ0n) is 11.5. The van der Waals surface area contributed by atoms with Crippen LogP contribution in [0.2, 0.25) is 0 Å². The zero-order valence-corrected chi connectivity index (χ0v) is 13.9. The molecule has 1 aromatic heterocycles. The van der Waals surface area contributed by atoms with E-state index in [1.165, 1.54) is 16.0 Å². The number of aromatic nitrogens is 3.